The van der Waals surface area contributed by atoms with Gasteiger partial charge in [0.1, 0.15) is 0 Å². The zero-order valence-corrected chi connectivity index (χ0v) is 12.6. The van der Waals surface area contributed by atoms with Gasteiger partial charge in [-0.05, 0) is 19.9 Å². The van der Waals surface area contributed by atoms with E-state index in [0.29, 0.717) is 12.3 Å². The number of urea groups is 1. The van der Waals surface area contributed by atoms with Crippen LogP contribution in [0.4, 0.5) is 18.0 Å². The summed E-state index contributed by atoms with van der Waals surface area (Å²) in [7, 11) is 0. The van der Waals surface area contributed by atoms with E-state index in [0.717, 1.165) is 18.1 Å². The van der Waals surface area contributed by atoms with E-state index < -0.39 is 41.2 Å². The first-order valence-electron chi connectivity index (χ1n) is 6.47. The summed E-state index contributed by atoms with van der Waals surface area (Å²) in [6.45, 7) is 4.24. The number of carbonyl (C=O) groups excluding carboxylic acids is 3. The number of pyridine rings is 1. The van der Waals surface area contributed by atoms with Crippen LogP contribution in [0.3, 0.4) is 0 Å². The molecule has 0 spiro atoms. The van der Waals surface area contributed by atoms with Crippen LogP contribution in [0.1, 0.15) is 36.7 Å². The average Bonchev–Trinajstić information content (AvgIpc) is 2.43. The van der Waals surface area contributed by atoms with Crippen molar-refractivity contribution in [1.29, 1.82) is 0 Å². The number of hydrogen-bond donors (Lipinski definition) is 2. The molecule has 10 heteroatoms. The first kappa shape index (κ1) is 18.4. The second kappa shape index (κ2) is 7.07. The van der Waals surface area contributed by atoms with Crippen LogP contribution in [0.15, 0.2) is 18.5 Å². The molecule has 0 fully saturated rings. The molecular weight excluding hydrogens is 317 g/mol. The molecule has 1 rings (SSSR count). The Kier molecular flexibility index (Phi) is 5.66. The number of amides is 4. The van der Waals surface area contributed by atoms with Crippen molar-refractivity contribution in [3.8, 4) is 0 Å². The highest BCUT2D eigenvalue weighted by molar-refractivity contribution is 6.05. The van der Waals surface area contributed by atoms with Crippen molar-refractivity contribution in [2.24, 2.45) is 0 Å². The maximum absolute atomic E-state index is 12.8. The highest BCUT2D eigenvalue weighted by Crippen LogP contribution is 2.31. The van der Waals surface area contributed by atoms with Crippen LogP contribution in [0.2, 0.25) is 0 Å². The highest BCUT2D eigenvalue weighted by atomic mass is 19.4. The number of nitrogens with one attached hydrogen (secondary N) is 2. The van der Waals surface area contributed by atoms with Crippen LogP contribution < -0.4 is 10.7 Å². The van der Waals surface area contributed by atoms with Crippen LogP contribution in [0.5, 0.6) is 0 Å². The van der Waals surface area contributed by atoms with Gasteiger partial charge in [0, 0.05) is 25.4 Å². The van der Waals surface area contributed by atoms with Gasteiger partial charge in [-0.25, -0.2) is 9.80 Å². The number of imide groups is 1. The lowest BCUT2D eigenvalue weighted by molar-refractivity contribution is -0.138. The van der Waals surface area contributed by atoms with Gasteiger partial charge >= 0.3 is 12.2 Å². The minimum Gasteiger partial charge on any atom is -0.274 e. The summed E-state index contributed by atoms with van der Waals surface area (Å²) in [5.74, 6) is -1.84. The van der Waals surface area contributed by atoms with Crippen LogP contribution in [-0.2, 0) is 11.0 Å². The van der Waals surface area contributed by atoms with Crippen LogP contribution in [0.25, 0.3) is 0 Å². The van der Waals surface area contributed by atoms with Crippen LogP contribution >= 0.6 is 0 Å². The van der Waals surface area contributed by atoms with Crippen molar-refractivity contribution in [2.45, 2.75) is 33.0 Å². The Labute approximate surface area is 129 Å². The van der Waals surface area contributed by atoms with E-state index in [4.69, 9.17) is 0 Å². The third-order valence-corrected chi connectivity index (χ3v) is 2.60. The van der Waals surface area contributed by atoms with Gasteiger partial charge in [0.2, 0.25) is 5.91 Å². The largest absolute Gasteiger partial charge is 0.417 e. The van der Waals surface area contributed by atoms with Crippen LogP contribution in [-0.4, -0.2) is 33.9 Å². The highest BCUT2D eigenvalue weighted by Gasteiger charge is 2.36. The number of hydrogen-bond acceptors (Lipinski definition) is 4. The lowest BCUT2D eigenvalue weighted by Crippen LogP contribution is -2.54. The SMILES string of the molecule is CC(=O)NN(C(=O)NC(=O)c1cnccc1C(F)(F)F)C(C)C. The number of alkyl halides is 3. The van der Waals surface area contributed by atoms with Gasteiger partial charge in [-0.2, -0.15) is 13.2 Å². The molecular formula is C13H15F3N4O3. The van der Waals surface area contributed by atoms with Gasteiger partial charge in [-0.1, -0.05) is 0 Å². The zero-order valence-electron chi connectivity index (χ0n) is 12.6. The Morgan fingerprint density at radius 2 is 1.87 bits per heavy atom. The predicted molar refractivity (Wildman–Crippen MR) is 72.9 cm³/mol. The minimum absolute atomic E-state index is 0.525. The van der Waals surface area contributed by atoms with Gasteiger partial charge in [-0.15, -0.1) is 0 Å². The molecule has 7 nitrogen and oxygen atoms in total. The second-order valence-electron chi connectivity index (χ2n) is 4.81. The van der Waals surface area contributed by atoms with Crippen molar-refractivity contribution < 1.29 is 27.6 Å². The third-order valence-electron chi connectivity index (χ3n) is 2.60. The van der Waals surface area contributed by atoms with Gasteiger partial charge in [-0.3, -0.25) is 25.3 Å². The molecule has 1 heterocycles. The van der Waals surface area contributed by atoms with Crippen molar-refractivity contribution in [3.63, 3.8) is 0 Å². The van der Waals surface area contributed by atoms with Gasteiger partial charge < -0.3 is 0 Å². The molecule has 23 heavy (non-hydrogen) atoms. The number of rotatable bonds is 2. The van der Waals surface area contributed by atoms with Crippen molar-refractivity contribution in [2.75, 3.05) is 0 Å². The van der Waals surface area contributed by atoms with Gasteiger partial charge in [0.15, 0.2) is 0 Å². The number of nitrogens with zero attached hydrogens (tertiary/aromatic N) is 2. The fourth-order valence-corrected chi connectivity index (χ4v) is 1.63. The van der Waals surface area contributed by atoms with E-state index in [1.807, 2.05) is 0 Å². The normalized spacial score (nSPS) is 11.1. The first-order valence-corrected chi connectivity index (χ1v) is 6.47. The number of halogens is 3. The maximum atomic E-state index is 12.8. The van der Waals surface area contributed by atoms with Crippen LogP contribution in [0, 0.1) is 0 Å². The molecule has 126 valence electrons. The third kappa shape index (κ3) is 4.94. The van der Waals surface area contributed by atoms with E-state index in [-0.39, 0.29) is 0 Å². The number of aromatic nitrogens is 1. The molecule has 0 atom stereocenters. The van der Waals surface area contributed by atoms with Crippen molar-refractivity contribution in [3.05, 3.63) is 29.6 Å². The van der Waals surface area contributed by atoms with Crippen molar-refractivity contribution in [1.82, 2.24) is 20.7 Å². The van der Waals surface area contributed by atoms with Gasteiger partial charge in [0.05, 0.1) is 11.1 Å². The zero-order chi connectivity index (χ0) is 17.8. The quantitative estimate of drug-likeness (QED) is 0.807. The molecule has 1 aromatic heterocycles. The summed E-state index contributed by atoms with van der Waals surface area (Å²) in [5.41, 5.74) is 0.167. The summed E-state index contributed by atoms with van der Waals surface area (Å²) in [6.07, 6.45) is -3.17. The fourth-order valence-electron chi connectivity index (χ4n) is 1.63. The van der Waals surface area contributed by atoms with E-state index in [1.165, 1.54) is 0 Å². The molecule has 0 radical (unpaired) electrons. The Morgan fingerprint density at radius 3 is 2.35 bits per heavy atom. The Bertz CT molecular complexity index is 617. The van der Waals surface area contributed by atoms with Gasteiger partial charge in [0.25, 0.3) is 5.91 Å². The van der Waals surface area contributed by atoms with E-state index in [2.05, 4.69) is 10.4 Å². The molecule has 0 aliphatic heterocycles. The number of carbonyl (C=O) groups is 3. The molecule has 2 N–H and O–H groups in total. The second-order valence-corrected chi connectivity index (χ2v) is 4.81. The summed E-state index contributed by atoms with van der Waals surface area (Å²) < 4.78 is 38.5. The minimum atomic E-state index is -4.77. The topological polar surface area (TPSA) is 91.4 Å². The Morgan fingerprint density at radius 1 is 1.26 bits per heavy atom. The predicted octanol–water partition coefficient (Wildman–Crippen LogP) is 1.71. The molecule has 0 saturated carbocycles. The van der Waals surface area contributed by atoms with E-state index >= 15 is 0 Å². The Balaban J connectivity index is 3.00. The molecule has 0 bridgehead atoms. The molecule has 0 aromatic carbocycles. The summed E-state index contributed by atoms with van der Waals surface area (Å²) >= 11 is 0. The smallest absolute Gasteiger partial charge is 0.274 e. The maximum Gasteiger partial charge on any atom is 0.417 e. The van der Waals surface area contributed by atoms with Crippen molar-refractivity contribution >= 4 is 17.8 Å². The monoisotopic (exact) mass is 332 g/mol. The molecule has 0 saturated heterocycles. The summed E-state index contributed by atoms with van der Waals surface area (Å²) in [5, 5.41) is 2.58. The molecule has 1 aromatic rings. The fraction of sp³-hybridized carbons (Fsp3) is 0.385. The number of hydrazine groups is 1. The standard InChI is InChI=1S/C13H15F3N4O3/c1-7(2)20(19-8(3)21)12(23)18-11(22)9-6-17-5-4-10(9)13(14,15)16/h4-7H,1-3H3,(H,19,21)(H,18,22,23). The summed E-state index contributed by atoms with van der Waals surface area (Å²) in [6, 6.07) is -0.951. The molecule has 0 aliphatic rings. The van der Waals surface area contributed by atoms with E-state index in [9.17, 15) is 27.6 Å². The molecule has 0 unspecified atom stereocenters. The lowest BCUT2D eigenvalue weighted by Gasteiger charge is -2.26. The first-order chi connectivity index (χ1) is 10.5. The Hall–Kier alpha value is -2.65. The molecule has 4 amide bonds. The summed E-state index contributed by atoms with van der Waals surface area (Å²) in [4.78, 5) is 38.4. The lowest BCUT2D eigenvalue weighted by atomic mass is 10.1. The van der Waals surface area contributed by atoms with E-state index in [1.54, 1.807) is 19.2 Å². The average molecular weight is 332 g/mol. The molecule has 0 aliphatic carbocycles.